The molecule has 2 atom stereocenters. The molecule has 52 heavy (non-hydrogen) atoms. The first kappa shape index (κ1) is 63.8. The Morgan fingerprint density at radius 3 is 1.40 bits per heavy atom. The number of benzene rings is 3. The first-order valence-corrected chi connectivity index (χ1v) is 18.9. The standard InChI is InChI=1S/C12H18N2S.C10H12N2S.C9H9Cl.CH3BI.CH4N2S.CH4.BH2P.BH.3V/c1-3-9(2)11-6-4-10(5-7-11)8-15-12(13)14;1-2-8-3-5-9(6-4-8)7-13-10(11)12;1-2-8-3-5-9(7-10)6-4-8;1-2-3;2-1(3)4;;1-2;;;;/h4-7,9H,3,8H2,1-2H3,(H3,13,14);2-6H,1,7H2,(H3,11,12);2-6H,1,7H2;1H3;(H4,2,3,4);1H4;2H2;1H;;;/p+2/i;;;;;;2T;1T;;;. The van der Waals surface area contributed by atoms with Gasteiger partial charge >= 0.3 is 0 Å². The quantitative estimate of drug-likeness (QED) is 0.0319. The second-order valence-electron chi connectivity index (χ2n) is 9.08. The molecule has 6 nitrogen and oxygen atoms in total. The average Bonchev–Trinajstić information content (AvgIpc) is 3.12. The molecule has 0 heterocycles. The van der Waals surface area contributed by atoms with E-state index in [-0.39, 0.29) is 77.3 Å². The fourth-order valence-electron chi connectivity index (χ4n) is 3.00. The Kier molecular flexibility index (Phi) is 60.0. The maximum Gasteiger partial charge on any atom is 0.300 e. The number of thiocarbonyl (C=S) groups is 1. The minimum Gasteiger partial charge on any atom is -0.377 e. The van der Waals surface area contributed by atoms with Crippen LogP contribution in [-0.2, 0) is 73.1 Å². The van der Waals surface area contributed by atoms with Crippen molar-refractivity contribution in [2.75, 3.05) is 0 Å². The number of nitrogens with two attached hydrogens (primary N) is 6. The van der Waals surface area contributed by atoms with Crippen LogP contribution in [0.25, 0.3) is 12.2 Å². The SMILES string of the molecule is C.C=Cc1ccc(CCl)cc1.C=Cc1ccc(CSC(N)=[NH2+])cc1.CCC(C)c1ccc(CSC(N)=[NH2+])cc1.C[B]I.NC(N)=S.[3H]P[B].[3H][B].[V].[V].[V]. The molecule has 0 aliphatic rings. The molecule has 0 aliphatic carbocycles. The Morgan fingerprint density at radius 2 is 1.17 bits per heavy atom. The van der Waals surface area contributed by atoms with E-state index in [1.165, 1.54) is 46.6 Å². The summed E-state index contributed by atoms with van der Waals surface area (Å²) < 4.78 is 11.3. The molecule has 0 amide bonds. The van der Waals surface area contributed by atoms with E-state index in [1.54, 1.807) is 0 Å². The van der Waals surface area contributed by atoms with E-state index in [0.29, 0.717) is 22.1 Å². The Bertz CT molecular complexity index is 1320. The van der Waals surface area contributed by atoms with Crippen molar-refractivity contribution in [3.63, 3.8) is 0 Å². The van der Waals surface area contributed by atoms with Gasteiger partial charge in [-0.15, -0.1) is 11.6 Å². The van der Waals surface area contributed by atoms with Gasteiger partial charge in [-0.2, -0.15) is 31.4 Å². The van der Waals surface area contributed by atoms with Gasteiger partial charge in [-0.25, -0.2) is 0 Å². The van der Waals surface area contributed by atoms with Crippen LogP contribution in [0.1, 0.15) is 67.0 Å². The molecule has 3 rings (SSSR count). The van der Waals surface area contributed by atoms with E-state index in [1.807, 2.05) is 72.6 Å². The molecule has 280 valence electrons. The topological polar surface area (TPSA) is 155 Å². The predicted octanol–water partition coefficient (Wildman–Crippen LogP) is 5.41. The first-order valence-electron chi connectivity index (χ1n) is 15.3. The molecule has 0 saturated heterocycles. The molecular weight excluding hydrogens is 967 g/mol. The van der Waals surface area contributed by atoms with Gasteiger partial charge in [0.25, 0.3) is 10.3 Å². The second kappa shape index (κ2) is 48.9. The number of hydrogen-bond acceptors (Lipinski definition) is 3. The number of amidine groups is 2. The minimum atomic E-state index is -0.167. The summed E-state index contributed by atoms with van der Waals surface area (Å²) in [5.74, 6) is 2.89. The summed E-state index contributed by atoms with van der Waals surface area (Å²) >= 11 is 14.8. The van der Waals surface area contributed by atoms with Crippen molar-refractivity contribution in [1.29, 1.82) is 2.61 Å². The maximum absolute atomic E-state index is 6.01. The Balaban J connectivity index is -0.0000000833. The van der Waals surface area contributed by atoms with Crippen LogP contribution in [0.3, 0.4) is 0 Å². The zero-order chi connectivity index (χ0) is 39.3. The molecule has 0 aliphatic heterocycles. The van der Waals surface area contributed by atoms with Gasteiger partial charge in [-0.3, -0.25) is 22.3 Å². The number of alkyl halides is 1. The van der Waals surface area contributed by atoms with E-state index in [9.17, 15) is 0 Å². The van der Waals surface area contributed by atoms with Crippen LogP contribution in [0.4, 0.5) is 0 Å². The largest absolute Gasteiger partial charge is 0.377 e. The van der Waals surface area contributed by atoms with Crippen molar-refractivity contribution in [3.8, 4) is 0 Å². The van der Waals surface area contributed by atoms with Crippen molar-refractivity contribution in [1.82, 2.24) is 0 Å². The fraction of sp³-hybridized carbons (Fsp3) is 0.265. The summed E-state index contributed by atoms with van der Waals surface area (Å²) in [6.07, 6.45) is 4.82. The summed E-state index contributed by atoms with van der Waals surface area (Å²) in [5.41, 5.74) is 27.3. The Hall–Kier alpha value is -0.132. The smallest absolute Gasteiger partial charge is 0.300 e. The van der Waals surface area contributed by atoms with Gasteiger partial charge in [0.15, 0.2) is 10.2 Å². The van der Waals surface area contributed by atoms with E-state index in [2.05, 4.69) is 113 Å². The van der Waals surface area contributed by atoms with Crippen LogP contribution in [0.15, 0.2) is 86.0 Å². The van der Waals surface area contributed by atoms with E-state index in [0.717, 1.165) is 28.2 Å². The number of rotatable bonds is 9. The Labute approximate surface area is 392 Å². The third kappa shape index (κ3) is 44.3. The van der Waals surface area contributed by atoms with Gasteiger partial charge in [0.2, 0.25) is 0 Å². The third-order valence-electron chi connectivity index (χ3n) is 5.56. The zero-order valence-corrected chi connectivity index (χ0v) is 40.0. The van der Waals surface area contributed by atoms with Crippen molar-refractivity contribution in [2.45, 2.75) is 57.8 Å². The molecule has 2 unspecified atom stereocenters. The van der Waals surface area contributed by atoms with E-state index >= 15 is 0 Å². The van der Waals surface area contributed by atoms with Crippen molar-refractivity contribution in [2.24, 2.45) is 22.9 Å². The van der Waals surface area contributed by atoms with Gasteiger partial charge in [-0.05, 0) is 82.8 Å². The molecule has 3 aromatic rings. The molecule has 0 bridgehead atoms. The number of hydrogen-bond donors (Lipinski definition) is 6. The van der Waals surface area contributed by atoms with Crippen LogP contribution in [0.5, 0.6) is 0 Å². The summed E-state index contributed by atoms with van der Waals surface area (Å²) in [5, 5.41) is 13.5. The average molecular weight is 1030 g/mol. The Morgan fingerprint density at radius 1 is 0.904 bits per heavy atom. The molecule has 8 radical (unpaired) electrons. The van der Waals surface area contributed by atoms with Crippen LogP contribution in [0.2, 0.25) is 6.82 Å². The number of thioether (sulfide) groups is 2. The van der Waals surface area contributed by atoms with Gasteiger partial charge < -0.3 is 11.5 Å². The number of halogens is 2. The van der Waals surface area contributed by atoms with Crippen LogP contribution in [-0.4, -0.2) is 39.1 Å². The predicted molar refractivity (Wildman–Crippen MR) is 249 cm³/mol. The molecule has 0 fully saturated rings. The molecule has 12 N–H and O–H groups in total. The maximum atomic E-state index is 6.01. The molecule has 18 heteroatoms. The van der Waals surface area contributed by atoms with Gasteiger partial charge in [0.1, 0.15) is 0 Å². The normalized spacial score (nSPS) is 9.17. The first-order chi connectivity index (χ1) is 23.8. The van der Waals surface area contributed by atoms with Crippen molar-refractivity contribution >= 4 is 127 Å². The van der Waals surface area contributed by atoms with E-state index < -0.39 is 0 Å². The molecule has 3 aromatic carbocycles. The zero-order valence-electron chi connectivity index (χ0n) is 31.4. The van der Waals surface area contributed by atoms with Gasteiger partial charge in [0, 0.05) is 82.7 Å². The van der Waals surface area contributed by atoms with Crippen molar-refractivity contribution in [3.05, 3.63) is 119 Å². The second-order valence-corrected chi connectivity index (χ2v) is 13.2. The molecule has 0 aromatic heterocycles. The van der Waals surface area contributed by atoms with Crippen molar-refractivity contribution < 1.29 is 66.5 Å². The molecule has 0 saturated carbocycles. The molecule has 0 spiro atoms. The molecular formula is C34H55B3ClIN6PS3V3+2. The van der Waals surface area contributed by atoms with Gasteiger partial charge in [0.05, 0.1) is 7.57 Å². The monoisotopic (exact) mass is 1030 g/mol. The third-order valence-corrected chi connectivity index (χ3v) is 7.49. The fourth-order valence-corrected chi connectivity index (χ4v) is 4.23. The summed E-state index contributed by atoms with van der Waals surface area (Å²) in [7, 11) is 8.12. The van der Waals surface area contributed by atoms with Crippen LogP contribution in [0, 0.1) is 0 Å². The van der Waals surface area contributed by atoms with Gasteiger partial charge in [-0.1, -0.05) is 126 Å². The van der Waals surface area contributed by atoms with Crippen LogP contribution < -0.4 is 33.8 Å². The summed E-state index contributed by atoms with van der Waals surface area (Å²) in [6, 6.07) is 24.8. The van der Waals surface area contributed by atoms with Crippen LogP contribution >= 0.6 is 78.8 Å². The minimum absolute atomic E-state index is 0. The summed E-state index contributed by atoms with van der Waals surface area (Å²) in [4.78, 5) is 0. The summed E-state index contributed by atoms with van der Waals surface area (Å²) in [6.45, 7) is 13.8. The van der Waals surface area contributed by atoms with E-state index in [4.69, 9.17) is 36.5 Å².